The third kappa shape index (κ3) is 4.07. The summed E-state index contributed by atoms with van der Waals surface area (Å²) >= 11 is 1.13. The third-order valence-electron chi connectivity index (χ3n) is 4.81. The van der Waals surface area contributed by atoms with Crippen molar-refractivity contribution in [3.63, 3.8) is 0 Å². The lowest BCUT2D eigenvalue weighted by atomic mass is 9.87. The lowest BCUT2D eigenvalue weighted by Crippen LogP contribution is -2.28. The van der Waals surface area contributed by atoms with Gasteiger partial charge < -0.3 is 0 Å². The van der Waals surface area contributed by atoms with Gasteiger partial charge in [-0.25, -0.2) is 4.39 Å². The highest BCUT2D eigenvalue weighted by atomic mass is 32.1. The SMILES string of the molecule is CC(C)(C)c1ccc(C=c2sc3nc(=O)c(Cc4ccc(F)cc4)nn3c2=O)cc1. The minimum Gasteiger partial charge on any atom is -0.266 e. The van der Waals surface area contributed by atoms with E-state index in [4.69, 9.17) is 0 Å². The van der Waals surface area contributed by atoms with E-state index in [1.54, 1.807) is 18.2 Å². The molecule has 0 unspecified atom stereocenters. The largest absolute Gasteiger partial charge is 0.296 e. The lowest BCUT2D eigenvalue weighted by Gasteiger charge is -2.18. The van der Waals surface area contributed by atoms with Crippen LogP contribution in [0.15, 0.2) is 58.1 Å². The van der Waals surface area contributed by atoms with Gasteiger partial charge in [0.25, 0.3) is 11.1 Å². The van der Waals surface area contributed by atoms with Gasteiger partial charge in [-0.05, 0) is 40.3 Å². The first kappa shape index (κ1) is 20.1. The molecule has 0 saturated carbocycles. The van der Waals surface area contributed by atoms with E-state index < -0.39 is 5.56 Å². The van der Waals surface area contributed by atoms with Crippen molar-refractivity contribution in [3.05, 3.63) is 102 Å². The van der Waals surface area contributed by atoms with Crippen LogP contribution in [0.1, 0.15) is 43.2 Å². The maximum absolute atomic E-state index is 13.1. The standard InChI is InChI=1S/C23H20FN3O2S/c1-23(2,3)16-8-4-15(5-9-16)13-19-21(29)27-22(30-19)25-20(28)18(26-27)12-14-6-10-17(24)11-7-14/h4-11,13H,12H2,1-3H3. The van der Waals surface area contributed by atoms with Gasteiger partial charge in [-0.2, -0.15) is 14.6 Å². The summed E-state index contributed by atoms with van der Waals surface area (Å²) in [6.45, 7) is 6.43. The Kier molecular flexibility index (Phi) is 5.07. The number of rotatable bonds is 3. The summed E-state index contributed by atoms with van der Waals surface area (Å²) in [6, 6.07) is 13.8. The highest BCUT2D eigenvalue weighted by molar-refractivity contribution is 7.15. The average Bonchev–Trinajstić information content (AvgIpc) is 2.98. The maximum atomic E-state index is 13.1. The first-order valence-electron chi connectivity index (χ1n) is 9.50. The molecule has 4 rings (SSSR count). The second-order valence-corrected chi connectivity index (χ2v) is 9.16. The maximum Gasteiger partial charge on any atom is 0.296 e. The predicted molar refractivity (Wildman–Crippen MR) is 117 cm³/mol. The summed E-state index contributed by atoms with van der Waals surface area (Å²) in [5.74, 6) is -0.354. The molecular formula is C23H20FN3O2S. The van der Waals surface area contributed by atoms with Crippen molar-refractivity contribution in [3.8, 4) is 0 Å². The smallest absolute Gasteiger partial charge is 0.266 e. The predicted octanol–water partition coefficient (Wildman–Crippen LogP) is 3.09. The molecule has 0 aliphatic carbocycles. The molecule has 0 fully saturated rings. The Morgan fingerprint density at radius 3 is 2.33 bits per heavy atom. The van der Waals surface area contributed by atoms with Crippen LogP contribution in [0.3, 0.4) is 0 Å². The molecule has 5 nitrogen and oxygen atoms in total. The summed E-state index contributed by atoms with van der Waals surface area (Å²) in [4.78, 5) is 29.4. The Labute approximate surface area is 176 Å². The first-order valence-corrected chi connectivity index (χ1v) is 10.3. The van der Waals surface area contributed by atoms with E-state index in [9.17, 15) is 14.0 Å². The highest BCUT2D eigenvalue weighted by Gasteiger charge is 2.14. The molecule has 0 amide bonds. The fourth-order valence-corrected chi connectivity index (χ4v) is 3.98. The average molecular weight is 421 g/mol. The van der Waals surface area contributed by atoms with Crippen LogP contribution in [0.5, 0.6) is 0 Å². The van der Waals surface area contributed by atoms with Gasteiger partial charge in [0.05, 0.1) is 4.53 Å². The minimum atomic E-state index is -0.485. The second-order valence-electron chi connectivity index (χ2n) is 8.15. The molecule has 2 aromatic heterocycles. The number of hydrogen-bond donors (Lipinski definition) is 0. The van der Waals surface area contributed by atoms with Crippen molar-refractivity contribution in [2.24, 2.45) is 0 Å². The summed E-state index contributed by atoms with van der Waals surface area (Å²) < 4.78 is 14.7. The summed E-state index contributed by atoms with van der Waals surface area (Å²) in [7, 11) is 0. The van der Waals surface area contributed by atoms with E-state index >= 15 is 0 Å². The summed E-state index contributed by atoms with van der Waals surface area (Å²) in [5.41, 5.74) is 2.21. The van der Waals surface area contributed by atoms with Crippen molar-refractivity contribution in [1.29, 1.82) is 0 Å². The Hall–Kier alpha value is -3.19. The van der Waals surface area contributed by atoms with E-state index in [0.29, 0.717) is 4.53 Å². The Bertz CT molecular complexity index is 1380. The molecule has 2 heterocycles. The molecule has 0 bridgehead atoms. The van der Waals surface area contributed by atoms with Gasteiger partial charge in [0.2, 0.25) is 4.96 Å². The molecule has 0 aliphatic heterocycles. The normalized spacial score (nSPS) is 12.6. The Balaban J connectivity index is 1.73. The molecule has 7 heteroatoms. The molecule has 4 aromatic rings. The van der Waals surface area contributed by atoms with Crippen LogP contribution in [0.25, 0.3) is 11.0 Å². The first-order chi connectivity index (χ1) is 14.2. The third-order valence-corrected chi connectivity index (χ3v) is 5.77. The number of nitrogens with zero attached hydrogens (tertiary/aromatic N) is 3. The van der Waals surface area contributed by atoms with Crippen molar-refractivity contribution in [2.75, 3.05) is 0 Å². The number of hydrogen-bond acceptors (Lipinski definition) is 5. The van der Waals surface area contributed by atoms with Crippen molar-refractivity contribution in [1.82, 2.24) is 14.6 Å². The fourth-order valence-electron chi connectivity index (χ4n) is 3.08. The van der Waals surface area contributed by atoms with E-state index in [2.05, 4.69) is 30.9 Å². The fraction of sp³-hybridized carbons (Fsp3) is 0.217. The number of thiazole rings is 1. The summed E-state index contributed by atoms with van der Waals surface area (Å²) in [6.07, 6.45) is 1.96. The van der Waals surface area contributed by atoms with Gasteiger partial charge in [-0.1, -0.05) is 68.5 Å². The van der Waals surface area contributed by atoms with Crippen LogP contribution < -0.4 is 15.7 Å². The van der Waals surface area contributed by atoms with E-state index in [0.717, 1.165) is 22.5 Å². The van der Waals surface area contributed by atoms with Gasteiger partial charge >= 0.3 is 0 Å². The van der Waals surface area contributed by atoms with Crippen molar-refractivity contribution in [2.45, 2.75) is 32.6 Å². The molecular weight excluding hydrogens is 401 g/mol. The zero-order valence-corrected chi connectivity index (χ0v) is 17.7. The highest BCUT2D eigenvalue weighted by Crippen LogP contribution is 2.22. The lowest BCUT2D eigenvalue weighted by molar-refractivity contribution is 0.590. The van der Waals surface area contributed by atoms with Gasteiger partial charge in [0.1, 0.15) is 11.5 Å². The minimum absolute atomic E-state index is 0.0506. The van der Waals surface area contributed by atoms with Gasteiger partial charge in [-0.15, -0.1) is 0 Å². The van der Waals surface area contributed by atoms with E-state index in [1.165, 1.54) is 22.2 Å². The quantitative estimate of drug-likeness (QED) is 0.510. The van der Waals surface area contributed by atoms with Crippen molar-refractivity contribution >= 4 is 22.4 Å². The van der Waals surface area contributed by atoms with Crippen molar-refractivity contribution < 1.29 is 4.39 Å². The number of benzene rings is 2. The van der Waals surface area contributed by atoms with Crippen LogP contribution >= 0.6 is 11.3 Å². The molecule has 0 N–H and O–H groups in total. The van der Waals surface area contributed by atoms with Gasteiger partial charge in [-0.3, -0.25) is 9.59 Å². The van der Waals surface area contributed by atoms with Crippen LogP contribution in [0.2, 0.25) is 0 Å². The Morgan fingerprint density at radius 1 is 1.03 bits per heavy atom. The van der Waals surface area contributed by atoms with Gasteiger partial charge in [0, 0.05) is 6.42 Å². The molecule has 0 atom stereocenters. The Morgan fingerprint density at radius 2 is 1.70 bits per heavy atom. The van der Waals surface area contributed by atoms with Crippen LogP contribution in [0.4, 0.5) is 4.39 Å². The van der Waals surface area contributed by atoms with Crippen LogP contribution in [-0.2, 0) is 11.8 Å². The number of halogens is 1. The van der Waals surface area contributed by atoms with Crippen LogP contribution in [-0.4, -0.2) is 14.6 Å². The molecule has 2 aromatic carbocycles. The molecule has 0 aliphatic rings. The van der Waals surface area contributed by atoms with Gasteiger partial charge in [0.15, 0.2) is 0 Å². The zero-order valence-electron chi connectivity index (χ0n) is 16.8. The second kappa shape index (κ2) is 7.57. The molecule has 0 radical (unpaired) electrons. The molecule has 30 heavy (non-hydrogen) atoms. The summed E-state index contributed by atoms with van der Waals surface area (Å²) in [5, 5.41) is 4.23. The number of aromatic nitrogens is 3. The molecule has 0 spiro atoms. The van der Waals surface area contributed by atoms with Crippen LogP contribution in [0, 0.1) is 5.82 Å². The zero-order chi connectivity index (χ0) is 21.5. The topological polar surface area (TPSA) is 64.3 Å². The molecule has 152 valence electrons. The van der Waals surface area contributed by atoms with E-state index in [-0.39, 0.29) is 33.9 Å². The monoisotopic (exact) mass is 421 g/mol. The number of fused-ring (bicyclic) bond motifs is 1. The molecule has 0 saturated heterocycles. The van der Waals surface area contributed by atoms with E-state index in [1.807, 2.05) is 24.3 Å².